The SMILES string of the molecule is CC(C)c1ccc2oc3ccc(-c4cc(C(C)C(C)C)ccn4)cc3c2c1. The third-order valence-corrected chi connectivity index (χ3v) is 5.77. The molecule has 0 radical (unpaired) electrons. The summed E-state index contributed by atoms with van der Waals surface area (Å²) in [4.78, 5) is 4.64. The molecule has 0 saturated carbocycles. The van der Waals surface area contributed by atoms with Crippen LogP contribution in [0, 0.1) is 5.92 Å². The van der Waals surface area contributed by atoms with Crippen LogP contribution in [0.4, 0.5) is 0 Å². The van der Waals surface area contributed by atoms with E-state index in [1.807, 2.05) is 6.20 Å². The lowest BCUT2D eigenvalue weighted by molar-refractivity contribution is 0.535. The average molecular weight is 357 g/mol. The Morgan fingerprint density at radius 2 is 1.44 bits per heavy atom. The number of pyridine rings is 1. The van der Waals surface area contributed by atoms with E-state index >= 15 is 0 Å². The largest absolute Gasteiger partial charge is 0.456 e. The fraction of sp³-hybridized carbons (Fsp3) is 0.320. The first kappa shape index (κ1) is 17.8. The van der Waals surface area contributed by atoms with E-state index in [-0.39, 0.29) is 0 Å². The van der Waals surface area contributed by atoms with Crippen molar-refractivity contribution in [3.63, 3.8) is 0 Å². The average Bonchev–Trinajstić information content (AvgIpc) is 3.04. The maximum Gasteiger partial charge on any atom is 0.135 e. The molecule has 0 aliphatic carbocycles. The lowest BCUT2D eigenvalue weighted by Gasteiger charge is -2.16. The van der Waals surface area contributed by atoms with Crippen LogP contribution in [-0.4, -0.2) is 4.98 Å². The van der Waals surface area contributed by atoms with Gasteiger partial charge < -0.3 is 4.42 Å². The van der Waals surface area contributed by atoms with Gasteiger partial charge in [-0.3, -0.25) is 4.98 Å². The van der Waals surface area contributed by atoms with Crippen molar-refractivity contribution < 1.29 is 4.42 Å². The van der Waals surface area contributed by atoms with Gasteiger partial charge in [-0.1, -0.05) is 40.7 Å². The summed E-state index contributed by atoms with van der Waals surface area (Å²) in [5, 5.41) is 2.35. The molecule has 2 heterocycles. The fourth-order valence-corrected chi connectivity index (χ4v) is 3.59. The second-order valence-electron chi connectivity index (χ2n) is 8.23. The van der Waals surface area contributed by atoms with Crippen molar-refractivity contribution in [2.45, 2.75) is 46.5 Å². The first-order chi connectivity index (χ1) is 12.9. The third kappa shape index (κ3) is 3.25. The van der Waals surface area contributed by atoms with Crippen LogP contribution in [0.1, 0.15) is 57.6 Å². The van der Waals surface area contributed by atoms with Crippen molar-refractivity contribution in [3.8, 4) is 11.3 Å². The molecule has 2 heteroatoms. The fourth-order valence-electron chi connectivity index (χ4n) is 3.59. The minimum Gasteiger partial charge on any atom is -0.456 e. The van der Waals surface area contributed by atoms with Gasteiger partial charge in [0.1, 0.15) is 11.2 Å². The molecule has 138 valence electrons. The summed E-state index contributed by atoms with van der Waals surface area (Å²) < 4.78 is 6.05. The summed E-state index contributed by atoms with van der Waals surface area (Å²) in [5.74, 6) is 1.62. The molecule has 0 amide bonds. The summed E-state index contributed by atoms with van der Waals surface area (Å²) in [7, 11) is 0. The number of furan rings is 1. The van der Waals surface area contributed by atoms with Crippen LogP contribution >= 0.6 is 0 Å². The topological polar surface area (TPSA) is 26.0 Å². The number of hydrogen-bond donors (Lipinski definition) is 0. The van der Waals surface area contributed by atoms with Crippen molar-refractivity contribution in [1.82, 2.24) is 4.98 Å². The highest BCUT2D eigenvalue weighted by Gasteiger charge is 2.13. The van der Waals surface area contributed by atoms with Gasteiger partial charge in [-0.05, 0) is 71.3 Å². The van der Waals surface area contributed by atoms with E-state index in [2.05, 4.69) is 88.1 Å². The van der Waals surface area contributed by atoms with Crippen molar-refractivity contribution in [1.29, 1.82) is 0 Å². The van der Waals surface area contributed by atoms with Crippen LogP contribution in [0.3, 0.4) is 0 Å². The van der Waals surface area contributed by atoms with E-state index < -0.39 is 0 Å². The van der Waals surface area contributed by atoms with Crippen LogP contribution in [-0.2, 0) is 0 Å². The molecule has 0 fully saturated rings. The van der Waals surface area contributed by atoms with E-state index in [0.29, 0.717) is 17.8 Å². The molecule has 2 aromatic carbocycles. The van der Waals surface area contributed by atoms with Crippen molar-refractivity contribution in [3.05, 3.63) is 65.9 Å². The predicted molar refractivity (Wildman–Crippen MR) is 114 cm³/mol. The smallest absolute Gasteiger partial charge is 0.135 e. The van der Waals surface area contributed by atoms with Crippen LogP contribution in [0.2, 0.25) is 0 Å². The Morgan fingerprint density at radius 1 is 0.741 bits per heavy atom. The van der Waals surface area contributed by atoms with Gasteiger partial charge in [-0.25, -0.2) is 0 Å². The maximum atomic E-state index is 6.05. The minimum atomic E-state index is 0.499. The molecule has 2 aromatic heterocycles. The Bertz CT molecular complexity index is 1100. The molecule has 0 aliphatic heterocycles. The molecule has 4 rings (SSSR count). The van der Waals surface area contributed by atoms with Crippen molar-refractivity contribution >= 4 is 21.9 Å². The van der Waals surface area contributed by atoms with Gasteiger partial charge in [0.2, 0.25) is 0 Å². The quantitative estimate of drug-likeness (QED) is 0.377. The highest BCUT2D eigenvalue weighted by molar-refractivity contribution is 6.06. The number of hydrogen-bond acceptors (Lipinski definition) is 2. The number of rotatable bonds is 4. The first-order valence-electron chi connectivity index (χ1n) is 9.86. The molecule has 0 spiro atoms. The van der Waals surface area contributed by atoms with E-state index in [4.69, 9.17) is 4.42 Å². The maximum absolute atomic E-state index is 6.05. The minimum absolute atomic E-state index is 0.499. The van der Waals surface area contributed by atoms with Gasteiger partial charge in [0, 0.05) is 22.5 Å². The van der Waals surface area contributed by atoms with Crippen molar-refractivity contribution in [2.75, 3.05) is 0 Å². The van der Waals surface area contributed by atoms with E-state index in [1.54, 1.807) is 0 Å². The molecule has 0 bridgehead atoms. The Balaban J connectivity index is 1.84. The molecule has 0 aliphatic rings. The van der Waals surface area contributed by atoms with Gasteiger partial charge in [0.25, 0.3) is 0 Å². The normalized spacial score (nSPS) is 13.1. The first-order valence-corrected chi connectivity index (χ1v) is 9.86. The number of nitrogens with zero attached hydrogens (tertiary/aromatic N) is 1. The zero-order valence-corrected chi connectivity index (χ0v) is 16.8. The molecule has 27 heavy (non-hydrogen) atoms. The molecule has 0 N–H and O–H groups in total. The summed E-state index contributed by atoms with van der Waals surface area (Å²) in [5.41, 5.74) is 6.72. The highest BCUT2D eigenvalue weighted by Crippen LogP contribution is 2.34. The van der Waals surface area contributed by atoms with Crippen LogP contribution in [0.5, 0.6) is 0 Å². The number of fused-ring (bicyclic) bond motifs is 3. The molecular weight excluding hydrogens is 330 g/mol. The second-order valence-corrected chi connectivity index (χ2v) is 8.23. The van der Waals surface area contributed by atoms with E-state index in [1.165, 1.54) is 16.5 Å². The Morgan fingerprint density at radius 3 is 2.15 bits per heavy atom. The van der Waals surface area contributed by atoms with Gasteiger partial charge in [0.15, 0.2) is 0 Å². The molecule has 1 atom stereocenters. The van der Waals surface area contributed by atoms with Crippen LogP contribution in [0.25, 0.3) is 33.2 Å². The predicted octanol–water partition coefficient (Wildman–Crippen LogP) is 7.53. The van der Waals surface area contributed by atoms with Crippen molar-refractivity contribution in [2.24, 2.45) is 5.92 Å². The van der Waals surface area contributed by atoms with Gasteiger partial charge in [0.05, 0.1) is 5.69 Å². The molecule has 4 aromatic rings. The summed E-state index contributed by atoms with van der Waals surface area (Å²) in [6.45, 7) is 11.3. The second kappa shape index (κ2) is 6.84. The lowest BCUT2D eigenvalue weighted by Crippen LogP contribution is -2.02. The Kier molecular flexibility index (Phi) is 4.51. The number of aromatic nitrogens is 1. The van der Waals surface area contributed by atoms with E-state index in [9.17, 15) is 0 Å². The molecular formula is C25H27NO. The highest BCUT2D eigenvalue weighted by atomic mass is 16.3. The lowest BCUT2D eigenvalue weighted by atomic mass is 9.90. The summed E-state index contributed by atoms with van der Waals surface area (Å²) >= 11 is 0. The van der Waals surface area contributed by atoms with Crippen LogP contribution < -0.4 is 0 Å². The van der Waals surface area contributed by atoms with Gasteiger partial charge in [-0.15, -0.1) is 0 Å². The zero-order valence-electron chi connectivity index (χ0n) is 16.8. The van der Waals surface area contributed by atoms with E-state index in [0.717, 1.165) is 27.8 Å². The standard InChI is InChI=1S/C25H27NO/c1-15(2)17(5)19-10-11-26-23(14-19)20-7-9-25-22(13-20)21-12-18(16(3)4)6-8-24(21)27-25/h6-17H,1-5H3. The molecule has 2 nitrogen and oxygen atoms in total. The van der Waals surface area contributed by atoms with Gasteiger partial charge in [-0.2, -0.15) is 0 Å². The van der Waals surface area contributed by atoms with Crippen LogP contribution in [0.15, 0.2) is 59.1 Å². The monoisotopic (exact) mass is 357 g/mol. The summed E-state index contributed by atoms with van der Waals surface area (Å²) in [6.07, 6.45) is 1.93. The third-order valence-electron chi connectivity index (χ3n) is 5.77. The number of benzene rings is 2. The Hall–Kier alpha value is -2.61. The summed E-state index contributed by atoms with van der Waals surface area (Å²) in [6, 6.07) is 17.3. The zero-order chi connectivity index (χ0) is 19.1. The molecule has 0 saturated heterocycles. The van der Waals surface area contributed by atoms with Gasteiger partial charge >= 0.3 is 0 Å². The Labute approximate surface area is 161 Å². The molecule has 1 unspecified atom stereocenters.